The highest BCUT2D eigenvalue weighted by atomic mass is 35.5. The first-order chi connectivity index (χ1) is 11.3. The number of methoxy groups -OCH3 is 1. The van der Waals surface area contributed by atoms with Gasteiger partial charge in [-0.15, -0.1) is 0 Å². The van der Waals surface area contributed by atoms with Crippen molar-refractivity contribution in [2.24, 2.45) is 0 Å². The molecule has 0 radical (unpaired) electrons. The molecule has 0 unspecified atom stereocenters. The van der Waals surface area contributed by atoms with Gasteiger partial charge in [-0.1, -0.05) is 16.8 Å². The molecule has 1 aromatic carbocycles. The highest BCUT2D eigenvalue weighted by Gasteiger charge is 2.20. The minimum atomic E-state index is -0.397. The number of aromatic nitrogens is 1. The van der Waals surface area contributed by atoms with E-state index in [1.54, 1.807) is 25.1 Å². The van der Waals surface area contributed by atoms with Crippen molar-refractivity contribution in [3.8, 4) is 5.75 Å². The van der Waals surface area contributed by atoms with Gasteiger partial charge < -0.3 is 14.6 Å². The zero-order chi connectivity index (χ0) is 17.9. The van der Waals surface area contributed by atoms with Gasteiger partial charge in [-0.3, -0.25) is 14.5 Å². The van der Waals surface area contributed by atoms with Gasteiger partial charge in [0.25, 0.3) is 0 Å². The number of aryl methyl sites for hydroxylation is 2. The van der Waals surface area contributed by atoms with E-state index < -0.39 is 5.91 Å². The lowest BCUT2D eigenvalue weighted by Crippen LogP contribution is -2.37. The van der Waals surface area contributed by atoms with Crippen molar-refractivity contribution >= 4 is 34.9 Å². The van der Waals surface area contributed by atoms with Gasteiger partial charge in [0.05, 0.1) is 12.8 Å². The molecule has 0 aliphatic heterocycles. The first-order valence-corrected chi connectivity index (χ1v) is 7.55. The van der Waals surface area contributed by atoms with Crippen molar-refractivity contribution in [3.05, 3.63) is 34.5 Å². The second-order valence-electron chi connectivity index (χ2n) is 5.25. The summed E-state index contributed by atoms with van der Waals surface area (Å²) in [7, 11) is 1.48. The molecule has 2 aromatic rings. The van der Waals surface area contributed by atoms with E-state index >= 15 is 0 Å². The van der Waals surface area contributed by atoms with Crippen LogP contribution in [0.1, 0.15) is 18.2 Å². The lowest BCUT2D eigenvalue weighted by molar-refractivity contribution is -0.120. The van der Waals surface area contributed by atoms with Crippen molar-refractivity contribution in [1.82, 2.24) is 5.16 Å². The van der Waals surface area contributed by atoms with E-state index in [0.717, 1.165) is 5.56 Å². The molecule has 2 amide bonds. The molecule has 2 rings (SSSR count). The van der Waals surface area contributed by atoms with Crippen LogP contribution in [0.25, 0.3) is 0 Å². The van der Waals surface area contributed by atoms with Gasteiger partial charge in [0.2, 0.25) is 11.8 Å². The van der Waals surface area contributed by atoms with Crippen LogP contribution in [0.15, 0.2) is 22.7 Å². The molecule has 1 aromatic heterocycles. The van der Waals surface area contributed by atoms with Crippen LogP contribution in [0, 0.1) is 13.8 Å². The van der Waals surface area contributed by atoms with Crippen LogP contribution >= 0.6 is 11.6 Å². The Morgan fingerprint density at radius 3 is 2.58 bits per heavy atom. The van der Waals surface area contributed by atoms with Gasteiger partial charge in [0, 0.05) is 24.1 Å². The van der Waals surface area contributed by atoms with Crippen molar-refractivity contribution in [3.63, 3.8) is 0 Å². The maximum absolute atomic E-state index is 12.3. The van der Waals surface area contributed by atoms with Crippen LogP contribution in [0.4, 0.5) is 11.5 Å². The molecule has 0 aliphatic rings. The molecule has 0 fully saturated rings. The second-order valence-corrected chi connectivity index (χ2v) is 5.66. The first kappa shape index (κ1) is 17.8. The predicted molar refractivity (Wildman–Crippen MR) is 90.6 cm³/mol. The number of rotatable bonds is 5. The summed E-state index contributed by atoms with van der Waals surface area (Å²) < 4.78 is 10.2. The minimum Gasteiger partial charge on any atom is -0.495 e. The summed E-state index contributed by atoms with van der Waals surface area (Å²) in [6.45, 7) is 4.67. The number of benzene rings is 1. The summed E-state index contributed by atoms with van der Waals surface area (Å²) in [5.41, 5.74) is 1.27. The zero-order valence-electron chi connectivity index (χ0n) is 13.8. The van der Waals surface area contributed by atoms with E-state index in [1.165, 1.54) is 18.9 Å². The molecule has 24 heavy (non-hydrogen) atoms. The van der Waals surface area contributed by atoms with E-state index in [2.05, 4.69) is 10.5 Å². The van der Waals surface area contributed by atoms with E-state index in [-0.39, 0.29) is 18.3 Å². The number of halogens is 1. The van der Waals surface area contributed by atoms with E-state index in [0.29, 0.717) is 22.2 Å². The Labute approximate surface area is 144 Å². The highest BCUT2D eigenvalue weighted by Crippen LogP contribution is 2.31. The monoisotopic (exact) mass is 351 g/mol. The Morgan fingerprint density at radius 1 is 1.33 bits per heavy atom. The Morgan fingerprint density at radius 2 is 2.04 bits per heavy atom. The Bertz CT molecular complexity index is 773. The summed E-state index contributed by atoms with van der Waals surface area (Å²) in [6.07, 6.45) is 0. The van der Waals surface area contributed by atoms with Gasteiger partial charge in [0.15, 0.2) is 5.82 Å². The number of hydrogen-bond acceptors (Lipinski definition) is 5. The summed E-state index contributed by atoms with van der Waals surface area (Å²) >= 11 is 6.05. The molecule has 1 heterocycles. The molecule has 0 bridgehead atoms. The third-order valence-electron chi connectivity index (χ3n) is 3.33. The van der Waals surface area contributed by atoms with Crippen molar-refractivity contribution in [2.45, 2.75) is 20.8 Å². The van der Waals surface area contributed by atoms with E-state index in [4.69, 9.17) is 20.9 Å². The number of nitrogens with zero attached hydrogens (tertiary/aromatic N) is 2. The second kappa shape index (κ2) is 7.35. The molecular formula is C16H18ClN3O4. The third kappa shape index (κ3) is 4.05. The van der Waals surface area contributed by atoms with Gasteiger partial charge in [-0.2, -0.15) is 0 Å². The summed E-state index contributed by atoms with van der Waals surface area (Å²) in [6, 6.07) is 4.91. The highest BCUT2D eigenvalue weighted by molar-refractivity contribution is 6.31. The third-order valence-corrected chi connectivity index (χ3v) is 3.74. The Balaban J connectivity index is 2.17. The fourth-order valence-corrected chi connectivity index (χ4v) is 2.25. The van der Waals surface area contributed by atoms with E-state index in [1.807, 2.05) is 6.92 Å². The number of nitrogens with one attached hydrogen (secondary N) is 1. The molecule has 8 heteroatoms. The van der Waals surface area contributed by atoms with Crippen LogP contribution in [0.5, 0.6) is 5.75 Å². The zero-order valence-corrected chi connectivity index (χ0v) is 14.6. The molecular weight excluding hydrogens is 334 g/mol. The standard InChI is InChI=1S/C16H18ClN3O4/c1-9-5-13(14(23-4)7-12(9)17)18-16(22)8-20(11(3)21)15-6-10(2)24-19-15/h5-7H,8H2,1-4H3,(H,18,22). The molecule has 7 nitrogen and oxygen atoms in total. The Kier molecular flexibility index (Phi) is 5.46. The lowest BCUT2D eigenvalue weighted by atomic mass is 10.2. The lowest BCUT2D eigenvalue weighted by Gasteiger charge is -2.18. The maximum atomic E-state index is 12.3. The predicted octanol–water partition coefficient (Wildman–Crippen LogP) is 2.95. The molecule has 0 spiro atoms. The van der Waals surface area contributed by atoms with E-state index in [9.17, 15) is 9.59 Å². The number of ether oxygens (including phenoxy) is 1. The topological polar surface area (TPSA) is 84.7 Å². The number of carbonyl (C=O) groups is 2. The van der Waals surface area contributed by atoms with Crippen molar-refractivity contribution in [1.29, 1.82) is 0 Å². The molecule has 0 atom stereocenters. The maximum Gasteiger partial charge on any atom is 0.244 e. The smallest absolute Gasteiger partial charge is 0.244 e. The fourth-order valence-electron chi connectivity index (χ4n) is 2.10. The van der Waals surface area contributed by atoms with Crippen molar-refractivity contribution in [2.75, 3.05) is 23.9 Å². The minimum absolute atomic E-state index is 0.202. The average molecular weight is 352 g/mol. The first-order valence-electron chi connectivity index (χ1n) is 7.17. The summed E-state index contributed by atoms with van der Waals surface area (Å²) in [4.78, 5) is 25.3. The average Bonchev–Trinajstić information content (AvgIpc) is 2.94. The number of hydrogen-bond donors (Lipinski definition) is 1. The number of anilines is 2. The van der Waals surface area contributed by atoms with Crippen LogP contribution in [-0.2, 0) is 9.59 Å². The quantitative estimate of drug-likeness (QED) is 0.895. The van der Waals surface area contributed by atoms with Crippen molar-refractivity contribution < 1.29 is 18.8 Å². The molecule has 128 valence electrons. The van der Waals surface area contributed by atoms with Gasteiger partial charge in [0.1, 0.15) is 18.1 Å². The Hall–Kier alpha value is -2.54. The molecule has 1 N–H and O–H groups in total. The largest absolute Gasteiger partial charge is 0.495 e. The SMILES string of the molecule is COc1cc(Cl)c(C)cc1NC(=O)CN(C(C)=O)c1cc(C)on1. The van der Waals surface area contributed by atoms with Gasteiger partial charge in [-0.05, 0) is 25.5 Å². The van der Waals surface area contributed by atoms with Gasteiger partial charge >= 0.3 is 0 Å². The fraction of sp³-hybridized carbons (Fsp3) is 0.312. The molecule has 0 saturated carbocycles. The van der Waals surface area contributed by atoms with Gasteiger partial charge in [-0.25, -0.2) is 0 Å². The van der Waals surface area contributed by atoms with Crippen LogP contribution in [-0.4, -0.2) is 30.6 Å². The van der Waals surface area contributed by atoms with Crippen LogP contribution in [0.3, 0.4) is 0 Å². The number of amides is 2. The summed E-state index contributed by atoms with van der Waals surface area (Å²) in [5.74, 6) is 0.551. The normalized spacial score (nSPS) is 10.4. The summed E-state index contributed by atoms with van der Waals surface area (Å²) in [5, 5.41) is 7.02. The van der Waals surface area contributed by atoms with Crippen LogP contribution < -0.4 is 15.0 Å². The molecule has 0 aliphatic carbocycles. The molecule has 0 saturated heterocycles. The van der Waals surface area contributed by atoms with Crippen LogP contribution in [0.2, 0.25) is 5.02 Å². The number of carbonyl (C=O) groups excluding carboxylic acids is 2.